The Balaban J connectivity index is 1.81. The van der Waals surface area contributed by atoms with E-state index in [1.165, 1.54) is 0 Å². The van der Waals surface area contributed by atoms with E-state index in [4.69, 9.17) is 10.00 Å². The van der Waals surface area contributed by atoms with Crippen LogP contribution in [0.25, 0.3) is 0 Å². The number of anilines is 1. The molecule has 2 unspecified atom stereocenters. The number of carbonyl (C=O) groups excluding carboxylic acids is 2. The van der Waals surface area contributed by atoms with E-state index < -0.39 is 5.92 Å². The fraction of sp³-hybridized carbons (Fsp3) is 0.471. The molecule has 1 fully saturated rings. The maximum atomic E-state index is 11.5. The SMILES string of the molecule is CCOC(=O)c1ccc(NCCC2CCC(=O)C2C#N)cc1. The number of nitrogens with one attached hydrogen (secondary N) is 1. The van der Waals surface area contributed by atoms with Crippen molar-refractivity contribution in [2.45, 2.75) is 26.2 Å². The normalized spacial score (nSPS) is 20.5. The van der Waals surface area contributed by atoms with E-state index in [9.17, 15) is 9.59 Å². The van der Waals surface area contributed by atoms with E-state index in [1.54, 1.807) is 19.1 Å². The lowest BCUT2D eigenvalue weighted by Crippen LogP contribution is -2.16. The maximum absolute atomic E-state index is 11.5. The first-order valence-electron chi connectivity index (χ1n) is 7.59. The number of ketones is 1. The summed E-state index contributed by atoms with van der Waals surface area (Å²) in [5.74, 6) is -0.529. The number of hydrogen-bond donors (Lipinski definition) is 1. The van der Waals surface area contributed by atoms with Crippen LogP contribution in [0.15, 0.2) is 24.3 Å². The van der Waals surface area contributed by atoms with Crippen molar-refractivity contribution in [2.24, 2.45) is 11.8 Å². The number of hydrogen-bond acceptors (Lipinski definition) is 5. The molecule has 0 saturated heterocycles. The molecule has 0 heterocycles. The summed E-state index contributed by atoms with van der Waals surface area (Å²) in [4.78, 5) is 23.1. The van der Waals surface area contributed by atoms with E-state index >= 15 is 0 Å². The molecule has 0 amide bonds. The predicted molar refractivity (Wildman–Crippen MR) is 82.3 cm³/mol. The van der Waals surface area contributed by atoms with Crippen molar-refractivity contribution in [3.05, 3.63) is 29.8 Å². The molecule has 1 saturated carbocycles. The van der Waals surface area contributed by atoms with E-state index in [0.29, 0.717) is 25.1 Å². The summed E-state index contributed by atoms with van der Waals surface area (Å²) in [6.07, 6.45) is 2.13. The number of carbonyl (C=O) groups is 2. The zero-order chi connectivity index (χ0) is 15.9. The average molecular weight is 300 g/mol. The minimum Gasteiger partial charge on any atom is -0.462 e. The minimum absolute atomic E-state index is 0.0753. The third-order valence-electron chi connectivity index (χ3n) is 3.96. The van der Waals surface area contributed by atoms with E-state index in [0.717, 1.165) is 18.5 Å². The molecule has 5 nitrogen and oxygen atoms in total. The van der Waals surface area contributed by atoms with Crippen molar-refractivity contribution in [1.82, 2.24) is 0 Å². The second-order valence-electron chi connectivity index (χ2n) is 5.39. The smallest absolute Gasteiger partial charge is 0.338 e. The van der Waals surface area contributed by atoms with Crippen molar-refractivity contribution >= 4 is 17.4 Å². The molecule has 116 valence electrons. The number of nitriles is 1. The largest absolute Gasteiger partial charge is 0.462 e. The van der Waals surface area contributed by atoms with Crippen LogP contribution in [0.2, 0.25) is 0 Å². The molecule has 0 aliphatic heterocycles. The molecule has 0 aromatic heterocycles. The second-order valence-corrected chi connectivity index (χ2v) is 5.39. The van der Waals surface area contributed by atoms with Crippen LogP contribution >= 0.6 is 0 Å². The van der Waals surface area contributed by atoms with Crippen molar-refractivity contribution < 1.29 is 14.3 Å². The zero-order valence-electron chi connectivity index (χ0n) is 12.7. The molecule has 1 aromatic carbocycles. The van der Waals surface area contributed by atoms with Crippen LogP contribution in [0.1, 0.15) is 36.5 Å². The van der Waals surface area contributed by atoms with E-state index in [1.807, 2.05) is 12.1 Å². The highest BCUT2D eigenvalue weighted by Crippen LogP contribution is 2.30. The van der Waals surface area contributed by atoms with Crippen LogP contribution in [-0.4, -0.2) is 24.9 Å². The number of ether oxygens (including phenoxy) is 1. The lowest BCUT2D eigenvalue weighted by molar-refractivity contribution is -0.119. The fourth-order valence-electron chi connectivity index (χ4n) is 2.74. The first kappa shape index (κ1) is 16.0. The van der Waals surface area contributed by atoms with Gasteiger partial charge in [0.25, 0.3) is 0 Å². The van der Waals surface area contributed by atoms with Gasteiger partial charge in [0.05, 0.1) is 18.2 Å². The average Bonchev–Trinajstić information content (AvgIpc) is 2.88. The Bertz CT molecular complexity index is 575. The van der Waals surface area contributed by atoms with Gasteiger partial charge in [-0.1, -0.05) is 0 Å². The third-order valence-corrected chi connectivity index (χ3v) is 3.96. The molecule has 0 bridgehead atoms. The third kappa shape index (κ3) is 3.85. The van der Waals surface area contributed by atoms with Crippen LogP contribution in [-0.2, 0) is 9.53 Å². The molecule has 1 N–H and O–H groups in total. The summed E-state index contributed by atoms with van der Waals surface area (Å²) in [6.45, 7) is 2.84. The van der Waals surface area contributed by atoms with Crippen molar-refractivity contribution in [3.8, 4) is 6.07 Å². The Morgan fingerprint density at radius 1 is 1.41 bits per heavy atom. The summed E-state index contributed by atoms with van der Waals surface area (Å²) in [7, 11) is 0. The van der Waals surface area contributed by atoms with Gasteiger partial charge >= 0.3 is 5.97 Å². The number of Topliss-reactive ketones (excluding diaryl/α,β-unsaturated/α-hetero) is 1. The first-order valence-corrected chi connectivity index (χ1v) is 7.59. The van der Waals surface area contributed by atoms with Gasteiger partial charge in [-0.3, -0.25) is 4.79 Å². The molecule has 2 atom stereocenters. The predicted octanol–water partition coefficient (Wildman–Crippen LogP) is 2.78. The molecule has 1 aliphatic carbocycles. The molecule has 1 aromatic rings. The van der Waals surface area contributed by atoms with Crippen LogP contribution < -0.4 is 5.32 Å². The van der Waals surface area contributed by atoms with Crippen LogP contribution in [0, 0.1) is 23.2 Å². The monoisotopic (exact) mass is 300 g/mol. The number of esters is 1. The van der Waals surface area contributed by atoms with Gasteiger partial charge in [0.15, 0.2) is 0 Å². The van der Waals surface area contributed by atoms with Gasteiger partial charge in [-0.25, -0.2) is 4.79 Å². The lowest BCUT2D eigenvalue weighted by atomic mass is 9.94. The Morgan fingerprint density at radius 2 is 2.14 bits per heavy atom. The molecular weight excluding hydrogens is 280 g/mol. The molecule has 2 rings (SSSR count). The van der Waals surface area contributed by atoms with Crippen LogP contribution in [0.3, 0.4) is 0 Å². The quantitative estimate of drug-likeness (QED) is 0.817. The summed E-state index contributed by atoms with van der Waals surface area (Å²) in [6, 6.07) is 9.21. The topological polar surface area (TPSA) is 79.2 Å². The van der Waals surface area contributed by atoms with Gasteiger partial charge in [-0.15, -0.1) is 0 Å². The van der Waals surface area contributed by atoms with Gasteiger partial charge in [-0.2, -0.15) is 5.26 Å². The van der Waals surface area contributed by atoms with Gasteiger partial charge in [-0.05, 0) is 49.9 Å². The molecule has 22 heavy (non-hydrogen) atoms. The van der Waals surface area contributed by atoms with Gasteiger partial charge in [0, 0.05) is 18.7 Å². The Labute approximate surface area is 130 Å². The van der Waals surface area contributed by atoms with Gasteiger partial charge in [0.2, 0.25) is 0 Å². The molecule has 5 heteroatoms. The molecule has 0 radical (unpaired) electrons. The van der Waals surface area contributed by atoms with Crippen molar-refractivity contribution in [1.29, 1.82) is 5.26 Å². The number of benzene rings is 1. The van der Waals surface area contributed by atoms with Gasteiger partial charge in [0.1, 0.15) is 11.7 Å². The highest BCUT2D eigenvalue weighted by molar-refractivity contribution is 5.89. The Hall–Kier alpha value is -2.35. The summed E-state index contributed by atoms with van der Waals surface area (Å²) >= 11 is 0. The van der Waals surface area contributed by atoms with Crippen molar-refractivity contribution in [2.75, 3.05) is 18.5 Å². The minimum atomic E-state index is -0.437. The zero-order valence-corrected chi connectivity index (χ0v) is 12.7. The Kier molecular flexibility index (Phi) is 5.54. The molecule has 1 aliphatic rings. The highest BCUT2D eigenvalue weighted by atomic mass is 16.5. The number of rotatable bonds is 6. The van der Waals surface area contributed by atoms with Crippen LogP contribution in [0.5, 0.6) is 0 Å². The standard InChI is InChI=1S/C17H20N2O3/c1-2-22-17(21)13-3-6-14(7-4-13)19-10-9-12-5-8-16(20)15(12)11-18/h3-4,6-7,12,15,19H,2,5,8-10H2,1H3. The maximum Gasteiger partial charge on any atom is 0.338 e. The van der Waals surface area contributed by atoms with E-state index in [-0.39, 0.29) is 17.7 Å². The van der Waals surface area contributed by atoms with E-state index in [2.05, 4.69) is 11.4 Å². The number of nitrogens with zero attached hydrogens (tertiary/aromatic N) is 1. The summed E-state index contributed by atoms with van der Waals surface area (Å²) in [5.41, 5.74) is 1.43. The van der Waals surface area contributed by atoms with Gasteiger partial charge < -0.3 is 10.1 Å². The summed E-state index contributed by atoms with van der Waals surface area (Å²) < 4.78 is 4.93. The molecular formula is C17H20N2O3. The first-order chi connectivity index (χ1) is 10.7. The Morgan fingerprint density at radius 3 is 2.77 bits per heavy atom. The lowest BCUT2D eigenvalue weighted by Gasteiger charge is -2.13. The second kappa shape index (κ2) is 7.60. The fourth-order valence-corrected chi connectivity index (χ4v) is 2.74. The van der Waals surface area contributed by atoms with Crippen LogP contribution in [0.4, 0.5) is 5.69 Å². The highest BCUT2D eigenvalue weighted by Gasteiger charge is 2.33. The molecule has 0 spiro atoms. The van der Waals surface area contributed by atoms with Crippen molar-refractivity contribution in [3.63, 3.8) is 0 Å². The summed E-state index contributed by atoms with van der Waals surface area (Å²) in [5, 5.41) is 12.3.